The van der Waals surface area contributed by atoms with Crippen LogP contribution in [0.4, 0.5) is 22.0 Å². The first-order valence-electron chi connectivity index (χ1n) is 10.8. The first-order chi connectivity index (χ1) is 16.2. The highest BCUT2D eigenvalue weighted by molar-refractivity contribution is 5.89. The third-order valence-corrected chi connectivity index (χ3v) is 5.93. The molecular weight excluding hydrogens is 463 g/mol. The van der Waals surface area contributed by atoms with E-state index in [-0.39, 0.29) is 42.4 Å². The van der Waals surface area contributed by atoms with Gasteiger partial charge in [-0.1, -0.05) is 18.2 Å². The van der Waals surface area contributed by atoms with Crippen LogP contribution >= 0.6 is 0 Å². The van der Waals surface area contributed by atoms with Gasteiger partial charge in [-0.05, 0) is 19.8 Å². The van der Waals surface area contributed by atoms with Crippen molar-refractivity contribution in [1.82, 2.24) is 16.0 Å². The highest BCUT2D eigenvalue weighted by Gasteiger charge is 2.47. The lowest BCUT2D eigenvalue weighted by atomic mass is 10.0. The minimum atomic E-state index is -2.98. The predicted octanol–water partition coefficient (Wildman–Crippen LogP) is 2.78. The summed E-state index contributed by atoms with van der Waals surface area (Å²) in [6.07, 6.45) is -6.40. The Morgan fingerprint density at radius 2 is 1.97 bits per heavy atom. The van der Waals surface area contributed by atoms with Gasteiger partial charge in [-0.15, -0.1) is 0 Å². The van der Waals surface area contributed by atoms with Crippen molar-refractivity contribution >= 4 is 11.7 Å². The molecule has 34 heavy (non-hydrogen) atoms. The number of benzene rings is 1. The molecule has 0 radical (unpaired) electrons. The van der Waals surface area contributed by atoms with Gasteiger partial charge in [0, 0.05) is 17.7 Å². The molecule has 1 saturated carbocycles. The second-order valence-electron chi connectivity index (χ2n) is 8.45. The van der Waals surface area contributed by atoms with E-state index in [2.05, 4.69) is 20.9 Å². The van der Waals surface area contributed by atoms with Crippen molar-refractivity contribution < 1.29 is 36.2 Å². The van der Waals surface area contributed by atoms with E-state index < -0.39 is 54.6 Å². The lowest BCUT2D eigenvalue weighted by Crippen LogP contribution is -2.50. The van der Waals surface area contributed by atoms with E-state index in [1.807, 2.05) is 0 Å². The molecule has 3 aliphatic rings. The summed E-state index contributed by atoms with van der Waals surface area (Å²) >= 11 is 0. The average molecular weight is 488 g/mol. The van der Waals surface area contributed by atoms with Crippen LogP contribution < -0.4 is 16.0 Å². The van der Waals surface area contributed by atoms with Gasteiger partial charge in [0.15, 0.2) is 6.29 Å². The number of alkyl halides is 4. The van der Waals surface area contributed by atoms with Crippen LogP contribution in [0.15, 0.2) is 34.5 Å². The Balaban J connectivity index is 1.60. The van der Waals surface area contributed by atoms with Crippen LogP contribution in [-0.2, 0) is 20.8 Å². The van der Waals surface area contributed by atoms with E-state index >= 15 is 4.39 Å². The highest BCUT2D eigenvalue weighted by Crippen LogP contribution is 2.36. The van der Waals surface area contributed by atoms with Gasteiger partial charge in [0.05, 0.1) is 35.8 Å². The second kappa shape index (κ2) is 9.96. The van der Waals surface area contributed by atoms with Crippen LogP contribution in [0.25, 0.3) is 0 Å². The van der Waals surface area contributed by atoms with Gasteiger partial charge >= 0.3 is 0 Å². The van der Waals surface area contributed by atoms with E-state index in [0.717, 1.165) is 6.07 Å². The van der Waals surface area contributed by atoms with Crippen LogP contribution in [0.5, 0.6) is 0 Å². The number of hydrogen-bond donors (Lipinski definition) is 3. The molecule has 2 fully saturated rings. The molecule has 1 aromatic rings. The molecule has 2 atom stereocenters. The highest BCUT2D eigenvalue weighted by atomic mass is 19.3. The third kappa shape index (κ3) is 5.08. The lowest BCUT2D eigenvalue weighted by Gasteiger charge is -2.31. The van der Waals surface area contributed by atoms with E-state index in [1.165, 1.54) is 19.1 Å². The number of rotatable bonds is 9. The summed E-state index contributed by atoms with van der Waals surface area (Å²) in [4.78, 5) is 16.9. The van der Waals surface area contributed by atoms with Gasteiger partial charge in [-0.25, -0.2) is 26.9 Å². The zero-order valence-electron chi connectivity index (χ0n) is 18.3. The number of carbonyl (C=O) groups excluding carboxylic acids is 1. The van der Waals surface area contributed by atoms with Gasteiger partial charge in [0.2, 0.25) is 6.17 Å². The van der Waals surface area contributed by atoms with E-state index in [1.54, 1.807) is 0 Å². The molecule has 4 rings (SSSR count). The Morgan fingerprint density at radius 1 is 1.26 bits per heavy atom. The van der Waals surface area contributed by atoms with Crippen LogP contribution in [0.3, 0.4) is 0 Å². The summed E-state index contributed by atoms with van der Waals surface area (Å²) in [7, 11) is 0. The Morgan fingerprint density at radius 3 is 2.59 bits per heavy atom. The number of nitrogens with one attached hydrogen (secondary N) is 3. The van der Waals surface area contributed by atoms with Crippen LogP contribution in [0.1, 0.15) is 37.3 Å². The Bertz CT molecular complexity index is 993. The van der Waals surface area contributed by atoms with Crippen molar-refractivity contribution in [2.45, 2.75) is 56.9 Å². The number of hydrogen-bond acceptors (Lipinski definition) is 6. The molecule has 2 heterocycles. The lowest BCUT2D eigenvalue weighted by molar-refractivity contribution is -0.126. The summed E-state index contributed by atoms with van der Waals surface area (Å²) in [6.45, 7) is 0.958. The topological polar surface area (TPSA) is 84.0 Å². The summed E-state index contributed by atoms with van der Waals surface area (Å²) in [5.74, 6) is -1.82. The van der Waals surface area contributed by atoms with Crippen molar-refractivity contribution in [3.8, 4) is 0 Å². The minimum absolute atomic E-state index is 0.0356. The maximum atomic E-state index is 15.4. The van der Waals surface area contributed by atoms with Crippen molar-refractivity contribution in [3.05, 3.63) is 46.4 Å². The molecule has 1 amide bonds. The molecule has 2 unspecified atom stereocenters. The zero-order valence-corrected chi connectivity index (χ0v) is 18.3. The molecule has 3 N–H and O–H groups in total. The number of amides is 1. The molecule has 2 aliphatic heterocycles. The molecule has 7 nitrogen and oxygen atoms in total. The number of ether oxygens (including phenoxy) is 2. The summed E-state index contributed by atoms with van der Waals surface area (Å²) < 4.78 is 80.2. The Hall–Kier alpha value is -2.57. The van der Waals surface area contributed by atoms with Crippen molar-refractivity contribution in [3.63, 3.8) is 0 Å². The molecule has 0 bridgehead atoms. The maximum absolute atomic E-state index is 15.4. The maximum Gasteiger partial charge on any atom is 0.266 e. The molecule has 186 valence electrons. The monoisotopic (exact) mass is 488 g/mol. The first kappa shape index (κ1) is 24.6. The third-order valence-electron chi connectivity index (χ3n) is 5.93. The molecule has 1 aromatic carbocycles. The number of nitrogens with zero attached hydrogens (tertiary/aromatic N) is 1. The van der Waals surface area contributed by atoms with Gasteiger partial charge in [-0.3, -0.25) is 10.1 Å². The number of aliphatic imine (C=N–C) groups is 1. The summed E-state index contributed by atoms with van der Waals surface area (Å²) in [6, 6.07) is 3.65. The fraction of sp³-hybridized carbons (Fsp3) is 0.545. The molecule has 0 spiro atoms. The number of halogens is 5. The minimum Gasteiger partial charge on any atom is -0.346 e. The zero-order chi connectivity index (χ0) is 24.5. The summed E-state index contributed by atoms with van der Waals surface area (Å²) in [5, 5.41) is 8.06. The molecule has 1 saturated heterocycles. The van der Waals surface area contributed by atoms with Crippen LogP contribution in [0, 0.1) is 5.82 Å². The fourth-order valence-corrected chi connectivity index (χ4v) is 3.88. The molecule has 1 aliphatic carbocycles. The number of amidine groups is 1. The Labute approximate surface area is 192 Å². The predicted molar refractivity (Wildman–Crippen MR) is 112 cm³/mol. The standard InChI is InChI=1S/C22H25F5N4O3/c1-11-29-17(16(25)20(32)31-22(10-23)5-6-22)14(21-33-7-8-34-21)19(30-11)28-9-12-3-2-4-13(15(12)24)18(26)27/h2-4,16,18-19,21,28H,5-10H2,1H3,(H,29,30)(H,31,32). The molecule has 12 heteroatoms. The van der Waals surface area contributed by atoms with Gasteiger partial charge < -0.3 is 20.1 Å². The average Bonchev–Trinajstić information content (AvgIpc) is 3.37. The van der Waals surface area contributed by atoms with E-state index in [9.17, 15) is 22.4 Å². The number of carbonyl (C=O) groups is 1. The van der Waals surface area contributed by atoms with Gasteiger partial charge in [0.25, 0.3) is 12.3 Å². The van der Waals surface area contributed by atoms with Crippen LogP contribution in [0.2, 0.25) is 0 Å². The fourth-order valence-electron chi connectivity index (χ4n) is 3.88. The van der Waals surface area contributed by atoms with Crippen molar-refractivity contribution in [1.29, 1.82) is 0 Å². The summed E-state index contributed by atoms with van der Waals surface area (Å²) in [5.41, 5.74) is -1.85. The van der Waals surface area contributed by atoms with Crippen molar-refractivity contribution in [2.24, 2.45) is 4.99 Å². The molecule has 0 aromatic heterocycles. The first-order valence-corrected chi connectivity index (χ1v) is 10.8. The van der Waals surface area contributed by atoms with Gasteiger partial charge in [0.1, 0.15) is 18.7 Å². The normalized spacial score (nSPS) is 23.0. The SMILES string of the molecule is CC1=NC(NCc2cccc(C(F)F)c2F)C(C2OCCO2)=C(C(F)C(=O)NC2(CF)CC2)N1. The quantitative estimate of drug-likeness (QED) is 0.466. The largest absolute Gasteiger partial charge is 0.346 e. The van der Waals surface area contributed by atoms with E-state index in [4.69, 9.17) is 9.47 Å². The van der Waals surface area contributed by atoms with Crippen LogP contribution in [-0.4, -0.2) is 55.8 Å². The van der Waals surface area contributed by atoms with Crippen molar-refractivity contribution in [2.75, 3.05) is 19.9 Å². The van der Waals surface area contributed by atoms with E-state index in [0.29, 0.717) is 12.8 Å². The molecular formula is C22H25F5N4O3. The van der Waals surface area contributed by atoms with Gasteiger partial charge in [-0.2, -0.15) is 0 Å². The Kier molecular flexibility index (Phi) is 7.20. The second-order valence-corrected chi connectivity index (χ2v) is 8.45. The smallest absolute Gasteiger partial charge is 0.266 e.